The molecule has 1 aromatic heterocycles. The molecular weight excluding hydrogens is 487 g/mol. The van der Waals surface area contributed by atoms with Crippen LogP contribution in [-0.4, -0.2) is 28.7 Å². The Hall–Kier alpha value is -2.49. The highest BCUT2D eigenvalue weighted by Crippen LogP contribution is 2.42. The lowest BCUT2D eigenvalue weighted by Gasteiger charge is -2.17. The van der Waals surface area contributed by atoms with Crippen LogP contribution < -0.4 is 15.0 Å². The molecule has 0 saturated carbocycles. The van der Waals surface area contributed by atoms with E-state index in [9.17, 15) is 19.8 Å². The Morgan fingerprint density at radius 2 is 1.77 bits per heavy atom. The number of aliphatic hydroxyl groups is 1. The van der Waals surface area contributed by atoms with Crippen LogP contribution in [0.5, 0.6) is 17.2 Å². The Morgan fingerprint density at radius 3 is 2.35 bits per heavy atom. The lowest BCUT2D eigenvalue weighted by molar-refractivity contribution is -0.117. The standard InChI is InChI=1S/C20H13Cl3N2O5S/c21-12-5-9(25-8-17(27)24-20(25)29)6-13(22)19(12)30-10-1-2-14(26)11(7-10)18(28)15-3-4-16(23)31-15/h1-7,18,26,28H,8H2,(H,24,27,29). The predicted octanol–water partition coefficient (Wildman–Crippen LogP) is 5.34. The summed E-state index contributed by atoms with van der Waals surface area (Å²) in [7, 11) is 0. The van der Waals surface area contributed by atoms with Gasteiger partial charge in [-0.2, -0.15) is 0 Å². The summed E-state index contributed by atoms with van der Waals surface area (Å²) in [6, 6.07) is 9.96. The van der Waals surface area contributed by atoms with Gasteiger partial charge in [0.15, 0.2) is 5.75 Å². The highest BCUT2D eigenvalue weighted by molar-refractivity contribution is 7.16. The molecule has 3 amide bonds. The topological polar surface area (TPSA) is 99.1 Å². The molecule has 2 heterocycles. The molecule has 4 rings (SSSR count). The number of phenolic OH excluding ortho intramolecular Hbond substituents is 1. The molecule has 11 heteroatoms. The second kappa shape index (κ2) is 8.57. The van der Waals surface area contributed by atoms with Crippen LogP contribution in [0.25, 0.3) is 0 Å². The molecule has 31 heavy (non-hydrogen) atoms. The maximum Gasteiger partial charge on any atom is 0.329 e. The van der Waals surface area contributed by atoms with E-state index in [1.165, 1.54) is 46.6 Å². The lowest BCUT2D eigenvalue weighted by Crippen LogP contribution is -2.27. The number of urea groups is 1. The van der Waals surface area contributed by atoms with Gasteiger partial charge in [-0.3, -0.25) is 15.0 Å². The summed E-state index contributed by atoms with van der Waals surface area (Å²) < 4.78 is 6.31. The molecule has 160 valence electrons. The molecule has 1 unspecified atom stereocenters. The minimum absolute atomic E-state index is 0.106. The molecule has 0 bridgehead atoms. The van der Waals surface area contributed by atoms with Gasteiger partial charge in [0.2, 0.25) is 5.91 Å². The first-order chi connectivity index (χ1) is 14.7. The van der Waals surface area contributed by atoms with Crippen molar-refractivity contribution in [2.75, 3.05) is 11.4 Å². The molecule has 2 aromatic carbocycles. The number of carbonyl (C=O) groups is 2. The molecule has 1 atom stereocenters. The molecule has 3 N–H and O–H groups in total. The van der Waals surface area contributed by atoms with Crippen LogP contribution >= 0.6 is 46.1 Å². The minimum Gasteiger partial charge on any atom is -0.508 e. The number of anilines is 1. The second-order valence-corrected chi connectivity index (χ2v) is 9.11. The monoisotopic (exact) mass is 498 g/mol. The molecule has 3 aromatic rings. The minimum atomic E-state index is -1.11. The van der Waals surface area contributed by atoms with E-state index in [0.717, 1.165) is 0 Å². The predicted molar refractivity (Wildman–Crippen MR) is 119 cm³/mol. The number of carbonyl (C=O) groups excluding carboxylic acids is 2. The smallest absolute Gasteiger partial charge is 0.329 e. The number of imide groups is 1. The number of amides is 3. The third kappa shape index (κ3) is 4.44. The first-order valence-electron chi connectivity index (χ1n) is 8.77. The Balaban J connectivity index is 1.62. The normalized spacial score (nSPS) is 14.6. The first kappa shape index (κ1) is 21.7. The van der Waals surface area contributed by atoms with E-state index in [1.54, 1.807) is 12.1 Å². The van der Waals surface area contributed by atoms with Crippen LogP contribution in [0.1, 0.15) is 16.5 Å². The SMILES string of the molecule is O=C1CN(c2cc(Cl)c(Oc3ccc(O)c(C(O)c4ccc(Cl)s4)c3)c(Cl)c2)C(=O)N1. The van der Waals surface area contributed by atoms with Crippen LogP contribution in [0, 0.1) is 0 Å². The summed E-state index contributed by atoms with van der Waals surface area (Å²) in [6.45, 7) is -0.141. The quantitative estimate of drug-likeness (QED) is 0.411. The van der Waals surface area contributed by atoms with Gasteiger partial charge in [-0.1, -0.05) is 34.8 Å². The number of benzene rings is 2. The van der Waals surface area contributed by atoms with Crippen molar-refractivity contribution < 1.29 is 24.5 Å². The van der Waals surface area contributed by atoms with E-state index in [2.05, 4.69) is 5.32 Å². The molecule has 1 aliphatic heterocycles. The van der Waals surface area contributed by atoms with Gasteiger partial charge in [0.1, 0.15) is 24.1 Å². The lowest BCUT2D eigenvalue weighted by atomic mass is 10.1. The summed E-state index contributed by atoms with van der Waals surface area (Å²) in [5.41, 5.74) is 0.550. The molecule has 1 fully saturated rings. The Labute approximate surface area is 195 Å². The van der Waals surface area contributed by atoms with E-state index in [0.29, 0.717) is 14.9 Å². The third-order valence-electron chi connectivity index (χ3n) is 4.46. The van der Waals surface area contributed by atoms with E-state index in [-0.39, 0.29) is 39.4 Å². The molecule has 1 saturated heterocycles. The van der Waals surface area contributed by atoms with Crippen LogP contribution in [0.15, 0.2) is 42.5 Å². The van der Waals surface area contributed by atoms with Crippen molar-refractivity contribution in [3.63, 3.8) is 0 Å². The van der Waals surface area contributed by atoms with E-state index in [1.807, 2.05) is 0 Å². The van der Waals surface area contributed by atoms with Crippen molar-refractivity contribution in [1.29, 1.82) is 0 Å². The zero-order valence-electron chi connectivity index (χ0n) is 15.4. The van der Waals surface area contributed by atoms with Crippen LogP contribution in [0.3, 0.4) is 0 Å². The number of hydrogen-bond donors (Lipinski definition) is 3. The zero-order chi connectivity index (χ0) is 22.3. The van der Waals surface area contributed by atoms with Crippen LogP contribution in [-0.2, 0) is 4.79 Å². The van der Waals surface area contributed by atoms with Gasteiger partial charge in [0, 0.05) is 16.1 Å². The first-order valence-corrected chi connectivity index (χ1v) is 10.7. The molecular formula is C20H13Cl3N2O5S. The van der Waals surface area contributed by atoms with Crippen molar-refractivity contribution in [2.45, 2.75) is 6.10 Å². The summed E-state index contributed by atoms with van der Waals surface area (Å²) in [4.78, 5) is 25.0. The van der Waals surface area contributed by atoms with Gasteiger partial charge in [-0.25, -0.2) is 4.79 Å². The summed E-state index contributed by atoms with van der Waals surface area (Å²) in [5.74, 6) is -0.176. The summed E-state index contributed by atoms with van der Waals surface area (Å²) >= 11 is 19.7. The Morgan fingerprint density at radius 1 is 1.06 bits per heavy atom. The number of aromatic hydroxyl groups is 1. The highest BCUT2D eigenvalue weighted by Gasteiger charge is 2.29. The number of aliphatic hydroxyl groups excluding tert-OH is 1. The van der Waals surface area contributed by atoms with Crippen LogP contribution in [0.2, 0.25) is 14.4 Å². The fourth-order valence-corrected chi connectivity index (χ4v) is 4.63. The highest BCUT2D eigenvalue weighted by atomic mass is 35.5. The number of ether oxygens (including phenoxy) is 1. The van der Waals surface area contributed by atoms with E-state index >= 15 is 0 Å². The number of thiophene rings is 1. The Bertz CT molecular complexity index is 1180. The average Bonchev–Trinajstić information content (AvgIpc) is 3.30. The number of nitrogens with one attached hydrogen (secondary N) is 1. The van der Waals surface area contributed by atoms with Crippen molar-refractivity contribution in [2.24, 2.45) is 0 Å². The van der Waals surface area contributed by atoms with Crippen molar-refractivity contribution in [3.05, 3.63) is 67.3 Å². The number of rotatable bonds is 5. The second-order valence-electron chi connectivity index (χ2n) is 6.55. The van der Waals surface area contributed by atoms with Gasteiger partial charge in [0.25, 0.3) is 0 Å². The molecule has 0 spiro atoms. The number of nitrogens with zero attached hydrogens (tertiary/aromatic N) is 1. The van der Waals surface area contributed by atoms with Gasteiger partial charge in [-0.15, -0.1) is 11.3 Å². The van der Waals surface area contributed by atoms with Crippen molar-refractivity contribution >= 4 is 63.8 Å². The third-order valence-corrected chi connectivity index (χ3v) is 6.31. The maximum atomic E-state index is 11.9. The van der Waals surface area contributed by atoms with Crippen LogP contribution in [0.4, 0.5) is 10.5 Å². The molecule has 0 aliphatic carbocycles. The van der Waals surface area contributed by atoms with Gasteiger partial charge in [0.05, 0.1) is 14.4 Å². The number of hydrogen-bond acceptors (Lipinski definition) is 6. The van der Waals surface area contributed by atoms with Gasteiger partial charge in [-0.05, 0) is 42.5 Å². The van der Waals surface area contributed by atoms with E-state index < -0.39 is 18.0 Å². The molecule has 0 radical (unpaired) electrons. The van der Waals surface area contributed by atoms with Crippen molar-refractivity contribution in [1.82, 2.24) is 5.32 Å². The molecule has 7 nitrogen and oxygen atoms in total. The summed E-state index contributed by atoms with van der Waals surface area (Å²) in [5, 5.41) is 23.2. The summed E-state index contributed by atoms with van der Waals surface area (Å²) in [6.07, 6.45) is -1.11. The largest absolute Gasteiger partial charge is 0.508 e. The van der Waals surface area contributed by atoms with Gasteiger partial charge < -0.3 is 14.9 Å². The number of halogens is 3. The maximum absolute atomic E-state index is 11.9. The number of phenols is 1. The van der Waals surface area contributed by atoms with Gasteiger partial charge >= 0.3 is 6.03 Å². The van der Waals surface area contributed by atoms with Crippen molar-refractivity contribution in [3.8, 4) is 17.2 Å². The fourth-order valence-electron chi connectivity index (χ4n) is 3.01. The Kier molecular flexibility index (Phi) is 6.00. The average molecular weight is 500 g/mol. The van der Waals surface area contributed by atoms with E-state index in [4.69, 9.17) is 39.5 Å². The fraction of sp³-hybridized carbons (Fsp3) is 0.100. The molecule has 1 aliphatic rings. The zero-order valence-corrected chi connectivity index (χ0v) is 18.5.